The first-order valence-corrected chi connectivity index (χ1v) is 7.03. The standard InChI is InChI=1S/C13H13FINO3/c14-8-1-2-9(10(15)7-8)11(17)5-6-16-12(18)3-4-13(16)19/h1-2,7,11,17H,3-6H2. The van der Waals surface area contributed by atoms with Crippen molar-refractivity contribution in [1.29, 1.82) is 0 Å². The molecule has 1 atom stereocenters. The van der Waals surface area contributed by atoms with Gasteiger partial charge in [-0.1, -0.05) is 6.07 Å². The maximum Gasteiger partial charge on any atom is 0.229 e. The molecule has 1 fully saturated rings. The van der Waals surface area contributed by atoms with Gasteiger partial charge in [-0.15, -0.1) is 0 Å². The van der Waals surface area contributed by atoms with Crippen LogP contribution in [-0.4, -0.2) is 28.4 Å². The fraction of sp³-hybridized carbons (Fsp3) is 0.385. The van der Waals surface area contributed by atoms with Crippen LogP contribution in [-0.2, 0) is 9.59 Å². The fourth-order valence-electron chi connectivity index (χ4n) is 2.05. The molecular weight excluding hydrogens is 364 g/mol. The van der Waals surface area contributed by atoms with Crippen molar-refractivity contribution in [2.45, 2.75) is 25.4 Å². The zero-order valence-electron chi connectivity index (χ0n) is 10.1. The highest BCUT2D eigenvalue weighted by atomic mass is 127. The SMILES string of the molecule is O=C1CCC(=O)N1CCC(O)c1ccc(F)cc1I. The van der Waals surface area contributed by atoms with Crippen molar-refractivity contribution in [2.24, 2.45) is 0 Å². The number of hydrogen-bond donors (Lipinski definition) is 1. The normalized spacial score (nSPS) is 17.1. The molecule has 1 aliphatic heterocycles. The molecule has 4 nitrogen and oxygen atoms in total. The first-order chi connectivity index (χ1) is 8.99. The van der Waals surface area contributed by atoms with Crippen LogP contribution in [0.15, 0.2) is 18.2 Å². The van der Waals surface area contributed by atoms with Gasteiger partial charge in [0.1, 0.15) is 5.82 Å². The average molecular weight is 377 g/mol. The number of aliphatic hydroxyl groups is 1. The minimum absolute atomic E-state index is 0.189. The maximum atomic E-state index is 13.0. The highest BCUT2D eigenvalue weighted by Gasteiger charge is 2.29. The van der Waals surface area contributed by atoms with Crippen molar-refractivity contribution in [3.8, 4) is 0 Å². The van der Waals surface area contributed by atoms with Crippen molar-refractivity contribution in [3.63, 3.8) is 0 Å². The summed E-state index contributed by atoms with van der Waals surface area (Å²) in [6.07, 6.45) is -0.0424. The first-order valence-electron chi connectivity index (χ1n) is 5.95. The summed E-state index contributed by atoms with van der Waals surface area (Å²) in [5, 5.41) is 10.0. The Morgan fingerprint density at radius 2 is 1.95 bits per heavy atom. The first kappa shape index (κ1) is 14.4. The molecular formula is C13H13FINO3. The third-order valence-electron chi connectivity index (χ3n) is 3.10. The lowest BCUT2D eigenvalue weighted by Gasteiger charge is -2.17. The number of carbonyl (C=O) groups excluding carboxylic acids is 2. The van der Waals surface area contributed by atoms with Gasteiger partial charge >= 0.3 is 0 Å². The molecule has 2 rings (SSSR count). The Morgan fingerprint density at radius 1 is 1.32 bits per heavy atom. The van der Waals surface area contributed by atoms with E-state index < -0.39 is 6.10 Å². The summed E-state index contributed by atoms with van der Waals surface area (Å²) in [6, 6.07) is 4.15. The molecule has 19 heavy (non-hydrogen) atoms. The second-order valence-electron chi connectivity index (χ2n) is 4.41. The van der Waals surface area contributed by atoms with E-state index in [1.54, 1.807) is 0 Å². The van der Waals surface area contributed by atoms with Crippen LogP contribution in [0, 0.1) is 9.39 Å². The van der Waals surface area contributed by atoms with Gasteiger partial charge in [-0.25, -0.2) is 4.39 Å². The molecule has 2 amide bonds. The summed E-state index contributed by atoms with van der Waals surface area (Å²) in [4.78, 5) is 24.0. The van der Waals surface area contributed by atoms with E-state index in [9.17, 15) is 19.1 Å². The van der Waals surface area contributed by atoms with E-state index in [4.69, 9.17) is 0 Å². The zero-order chi connectivity index (χ0) is 14.0. The molecule has 102 valence electrons. The largest absolute Gasteiger partial charge is 0.388 e. The molecule has 6 heteroatoms. The quantitative estimate of drug-likeness (QED) is 0.645. The number of imide groups is 1. The van der Waals surface area contributed by atoms with Crippen molar-refractivity contribution in [1.82, 2.24) is 4.90 Å². The van der Waals surface area contributed by atoms with Gasteiger partial charge in [-0.05, 0) is 46.7 Å². The van der Waals surface area contributed by atoms with E-state index in [0.29, 0.717) is 9.13 Å². The zero-order valence-corrected chi connectivity index (χ0v) is 12.3. The Hall–Kier alpha value is -1.02. The molecule has 1 aliphatic rings. The van der Waals surface area contributed by atoms with E-state index in [0.717, 1.165) is 0 Å². The average Bonchev–Trinajstić information content (AvgIpc) is 2.66. The van der Waals surface area contributed by atoms with Gasteiger partial charge in [0.2, 0.25) is 11.8 Å². The minimum atomic E-state index is -0.811. The van der Waals surface area contributed by atoms with Gasteiger partial charge in [0.05, 0.1) is 6.10 Å². The van der Waals surface area contributed by atoms with Crippen LogP contribution in [0.3, 0.4) is 0 Å². The van der Waals surface area contributed by atoms with Crippen LogP contribution >= 0.6 is 22.6 Å². The molecule has 1 heterocycles. The molecule has 1 aromatic carbocycles. The summed E-state index contributed by atoms with van der Waals surface area (Å²) in [7, 11) is 0. The lowest BCUT2D eigenvalue weighted by atomic mass is 10.1. The second kappa shape index (κ2) is 5.96. The Kier molecular flexibility index (Phi) is 4.51. The number of halogens is 2. The predicted octanol–water partition coefficient (Wildman–Crippen LogP) is 2.00. The number of nitrogens with zero attached hydrogens (tertiary/aromatic N) is 1. The Bertz CT molecular complexity index is 505. The molecule has 0 aliphatic carbocycles. The number of aliphatic hydroxyl groups excluding tert-OH is 1. The molecule has 1 saturated heterocycles. The molecule has 1 unspecified atom stereocenters. The van der Waals surface area contributed by atoms with Gasteiger partial charge in [0.15, 0.2) is 0 Å². The summed E-state index contributed by atoms with van der Waals surface area (Å²) in [5.41, 5.74) is 0.612. The number of likely N-dealkylation sites (tertiary alicyclic amines) is 1. The van der Waals surface area contributed by atoms with E-state index in [2.05, 4.69) is 0 Å². The summed E-state index contributed by atoms with van der Waals surface area (Å²) < 4.78 is 13.6. The Balaban J connectivity index is 1.99. The lowest BCUT2D eigenvalue weighted by molar-refractivity contribution is -0.138. The third-order valence-corrected chi connectivity index (χ3v) is 4.04. The number of carbonyl (C=O) groups is 2. The van der Waals surface area contributed by atoms with Crippen LogP contribution in [0.5, 0.6) is 0 Å². The van der Waals surface area contributed by atoms with Crippen LogP contribution in [0.2, 0.25) is 0 Å². The third kappa shape index (κ3) is 3.30. The minimum Gasteiger partial charge on any atom is -0.388 e. The smallest absolute Gasteiger partial charge is 0.229 e. The van der Waals surface area contributed by atoms with Crippen LogP contribution < -0.4 is 0 Å². The molecule has 1 N–H and O–H groups in total. The van der Waals surface area contributed by atoms with Gasteiger partial charge in [-0.2, -0.15) is 0 Å². The Labute approximate surface area is 123 Å². The molecule has 0 saturated carbocycles. The summed E-state index contributed by atoms with van der Waals surface area (Å²) in [6.45, 7) is 0.201. The monoisotopic (exact) mass is 377 g/mol. The number of benzene rings is 1. The number of rotatable bonds is 4. The topological polar surface area (TPSA) is 57.6 Å². The highest BCUT2D eigenvalue weighted by Crippen LogP contribution is 2.24. The molecule has 1 aromatic rings. The highest BCUT2D eigenvalue weighted by molar-refractivity contribution is 14.1. The Morgan fingerprint density at radius 3 is 2.53 bits per heavy atom. The van der Waals surface area contributed by atoms with Gasteiger partial charge in [0, 0.05) is 23.0 Å². The van der Waals surface area contributed by atoms with Crippen LogP contribution in [0.25, 0.3) is 0 Å². The predicted molar refractivity (Wildman–Crippen MR) is 74.6 cm³/mol. The van der Waals surface area contributed by atoms with E-state index in [-0.39, 0.29) is 43.4 Å². The molecule has 0 bridgehead atoms. The van der Waals surface area contributed by atoms with E-state index in [1.165, 1.54) is 23.1 Å². The summed E-state index contributed by atoms with van der Waals surface area (Å²) in [5.74, 6) is -0.734. The fourth-order valence-corrected chi connectivity index (χ4v) is 2.89. The number of hydrogen-bond acceptors (Lipinski definition) is 3. The van der Waals surface area contributed by atoms with Crippen LogP contribution in [0.4, 0.5) is 4.39 Å². The lowest BCUT2D eigenvalue weighted by Crippen LogP contribution is -2.30. The van der Waals surface area contributed by atoms with Gasteiger partial charge in [0.25, 0.3) is 0 Å². The van der Waals surface area contributed by atoms with Crippen molar-refractivity contribution in [3.05, 3.63) is 33.1 Å². The second-order valence-corrected chi connectivity index (χ2v) is 5.57. The van der Waals surface area contributed by atoms with E-state index in [1.807, 2.05) is 22.6 Å². The van der Waals surface area contributed by atoms with Gasteiger partial charge in [-0.3, -0.25) is 14.5 Å². The van der Waals surface area contributed by atoms with Crippen molar-refractivity contribution >= 4 is 34.4 Å². The van der Waals surface area contributed by atoms with Crippen molar-refractivity contribution < 1.29 is 19.1 Å². The molecule has 0 radical (unpaired) electrons. The van der Waals surface area contributed by atoms with E-state index >= 15 is 0 Å². The van der Waals surface area contributed by atoms with Crippen LogP contribution in [0.1, 0.15) is 30.9 Å². The summed E-state index contributed by atoms with van der Waals surface area (Å²) >= 11 is 1.95. The molecule has 0 aromatic heterocycles. The van der Waals surface area contributed by atoms with Gasteiger partial charge < -0.3 is 5.11 Å². The number of amides is 2. The van der Waals surface area contributed by atoms with Crippen molar-refractivity contribution in [2.75, 3.05) is 6.54 Å². The molecule has 0 spiro atoms. The maximum absolute atomic E-state index is 13.0.